The van der Waals surface area contributed by atoms with Crippen LogP contribution in [0.25, 0.3) is 0 Å². The zero-order valence-corrected chi connectivity index (χ0v) is 16.1. The minimum absolute atomic E-state index is 0.0954. The average Bonchev–Trinajstić information content (AvgIpc) is 3.30. The van der Waals surface area contributed by atoms with Crippen LogP contribution in [0.3, 0.4) is 0 Å². The fourth-order valence-corrected chi connectivity index (χ4v) is 3.30. The molecule has 0 bridgehead atoms. The molecule has 7 heteroatoms. The van der Waals surface area contributed by atoms with Crippen molar-refractivity contribution >= 4 is 28.8 Å². The van der Waals surface area contributed by atoms with Crippen molar-refractivity contribution in [2.24, 2.45) is 0 Å². The third-order valence-electron chi connectivity index (χ3n) is 4.17. The zero-order chi connectivity index (χ0) is 18.7. The van der Waals surface area contributed by atoms with Crippen molar-refractivity contribution in [2.45, 2.75) is 45.2 Å². The Morgan fingerprint density at radius 1 is 1.31 bits per heavy atom. The monoisotopic (exact) mass is 372 g/mol. The van der Waals surface area contributed by atoms with Crippen molar-refractivity contribution in [2.75, 3.05) is 11.9 Å². The summed E-state index contributed by atoms with van der Waals surface area (Å²) in [7, 11) is 0. The number of benzene rings is 1. The van der Waals surface area contributed by atoms with Crippen molar-refractivity contribution in [3.8, 4) is 0 Å². The van der Waals surface area contributed by atoms with Gasteiger partial charge in [0.05, 0.1) is 12.1 Å². The van der Waals surface area contributed by atoms with Gasteiger partial charge in [-0.05, 0) is 51.8 Å². The standard InChI is InChI=1S/C19H24N4O2S/c1-12-10-20-18(26-12)19(2,3)21-11-16(24)22-15-6-4-5-13(9-15)17(25)23-14-7-8-14/h4-6,9-10,14,21H,7-8,11H2,1-3H3,(H,22,24)(H,23,25). The van der Waals surface area contributed by atoms with Crippen LogP contribution in [0.5, 0.6) is 0 Å². The summed E-state index contributed by atoms with van der Waals surface area (Å²) in [5, 5.41) is 9.97. The fourth-order valence-electron chi connectivity index (χ4n) is 2.46. The quantitative estimate of drug-likeness (QED) is 0.698. The molecule has 1 fully saturated rings. The molecule has 1 heterocycles. The molecular formula is C19H24N4O2S. The molecule has 1 aliphatic rings. The lowest BCUT2D eigenvalue weighted by atomic mass is 10.1. The number of nitrogens with one attached hydrogen (secondary N) is 3. The summed E-state index contributed by atoms with van der Waals surface area (Å²) in [5.74, 6) is -0.256. The molecule has 0 unspecified atom stereocenters. The number of carbonyl (C=O) groups is 2. The highest BCUT2D eigenvalue weighted by molar-refractivity contribution is 7.11. The van der Waals surface area contributed by atoms with Gasteiger partial charge in [0.15, 0.2) is 0 Å². The topological polar surface area (TPSA) is 83.1 Å². The predicted octanol–water partition coefficient (Wildman–Crippen LogP) is 2.81. The Balaban J connectivity index is 1.55. The first kappa shape index (κ1) is 18.5. The molecule has 6 nitrogen and oxygen atoms in total. The first-order chi connectivity index (χ1) is 12.3. The minimum atomic E-state index is -0.387. The number of aromatic nitrogens is 1. The number of amides is 2. The van der Waals surface area contributed by atoms with Gasteiger partial charge in [-0.25, -0.2) is 4.98 Å². The number of anilines is 1. The van der Waals surface area contributed by atoms with E-state index in [1.165, 1.54) is 0 Å². The molecule has 2 amide bonds. The van der Waals surface area contributed by atoms with E-state index in [0.29, 0.717) is 17.3 Å². The van der Waals surface area contributed by atoms with E-state index in [1.54, 1.807) is 35.6 Å². The summed E-state index contributed by atoms with van der Waals surface area (Å²) >= 11 is 1.62. The fraction of sp³-hybridized carbons (Fsp3) is 0.421. The van der Waals surface area contributed by atoms with Crippen LogP contribution in [-0.4, -0.2) is 29.4 Å². The molecule has 3 rings (SSSR count). The number of nitrogens with zero attached hydrogens (tertiary/aromatic N) is 1. The number of hydrogen-bond acceptors (Lipinski definition) is 5. The smallest absolute Gasteiger partial charge is 0.251 e. The van der Waals surface area contributed by atoms with Crippen LogP contribution in [0.15, 0.2) is 30.5 Å². The number of carbonyl (C=O) groups excluding carboxylic acids is 2. The van der Waals surface area contributed by atoms with Gasteiger partial charge in [-0.3, -0.25) is 14.9 Å². The summed E-state index contributed by atoms with van der Waals surface area (Å²) in [6.07, 6.45) is 3.92. The Morgan fingerprint density at radius 2 is 2.08 bits per heavy atom. The van der Waals surface area contributed by atoms with Crippen LogP contribution in [0, 0.1) is 6.92 Å². The van der Waals surface area contributed by atoms with E-state index in [0.717, 1.165) is 22.7 Å². The molecule has 1 saturated carbocycles. The molecular weight excluding hydrogens is 348 g/mol. The highest BCUT2D eigenvalue weighted by atomic mass is 32.1. The summed E-state index contributed by atoms with van der Waals surface area (Å²) in [6.45, 7) is 6.17. The molecule has 0 spiro atoms. The van der Waals surface area contributed by atoms with Crippen molar-refractivity contribution in [3.63, 3.8) is 0 Å². The van der Waals surface area contributed by atoms with Gasteiger partial charge >= 0.3 is 0 Å². The number of thiazole rings is 1. The predicted molar refractivity (Wildman–Crippen MR) is 103 cm³/mol. The maximum atomic E-state index is 12.3. The summed E-state index contributed by atoms with van der Waals surface area (Å²) in [5.41, 5.74) is 0.784. The highest BCUT2D eigenvalue weighted by Gasteiger charge is 2.25. The van der Waals surface area contributed by atoms with E-state index >= 15 is 0 Å². The largest absolute Gasteiger partial charge is 0.349 e. The lowest BCUT2D eigenvalue weighted by Gasteiger charge is -2.23. The van der Waals surface area contributed by atoms with E-state index in [-0.39, 0.29) is 23.9 Å². The summed E-state index contributed by atoms with van der Waals surface area (Å²) < 4.78 is 0. The van der Waals surface area contributed by atoms with Crippen molar-refractivity contribution in [1.82, 2.24) is 15.6 Å². The first-order valence-electron chi connectivity index (χ1n) is 8.72. The molecule has 1 aromatic heterocycles. The molecule has 1 aliphatic carbocycles. The maximum Gasteiger partial charge on any atom is 0.251 e. The van der Waals surface area contributed by atoms with Gasteiger partial charge in [-0.15, -0.1) is 11.3 Å². The van der Waals surface area contributed by atoms with Crippen LogP contribution in [0.2, 0.25) is 0 Å². The molecule has 26 heavy (non-hydrogen) atoms. The van der Waals surface area contributed by atoms with Crippen LogP contribution in [0.1, 0.15) is 46.9 Å². The van der Waals surface area contributed by atoms with Crippen LogP contribution in [0.4, 0.5) is 5.69 Å². The average molecular weight is 372 g/mol. The van der Waals surface area contributed by atoms with E-state index in [4.69, 9.17) is 0 Å². The summed E-state index contributed by atoms with van der Waals surface area (Å²) in [4.78, 5) is 29.9. The molecule has 0 atom stereocenters. The zero-order valence-electron chi connectivity index (χ0n) is 15.3. The van der Waals surface area contributed by atoms with Crippen molar-refractivity contribution < 1.29 is 9.59 Å². The third kappa shape index (κ3) is 4.89. The number of hydrogen-bond donors (Lipinski definition) is 3. The molecule has 2 aromatic rings. The Labute approximate surface area is 157 Å². The second-order valence-corrected chi connectivity index (χ2v) is 8.37. The Bertz CT molecular complexity index is 811. The molecule has 0 saturated heterocycles. The molecule has 0 radical (unpaired) electrons. The van der Waals surface area contributed by atoms with E-state index in [9.17, 15) is 9.59 Å². The molecule has 138 valence electrons. The van der Waals surface area contributed by atoms with Crippen molar-refractivity contribution in [1.29, 1.82) is 0 Å². The highest BCUT2D eigenvalue weighted by Crippen LogP contribution is 2.24. The lowest BCUT2D eigenvalue weighted by molar-refractivity contribution is -0.115. The Hall–Kier alpha value is -2.25. The van der Waals surface area contributed by atoms with E-state index in [2.05, 4.69) is 20.9 Å². The number of rotatable bonds is 7. The molecule has 0 aliphatic heterocycles. The van der Waals surface area contributed by atoms with Gasteiger partial charge in [0.2, 0.25) is 5.91 Å². The van der Waals surface area contributed by atoms with Gasteiger partial charge < -0.3 is 10.6 Å². The van der Waals surface area contributed by atoms with Gasteiger partial charge in [0.25, 0.3) is 5.91 Å². The van der Waals surface area contributed by atoms with Gasteiger partial charge in [-0.1, -0.05) is 6.07 Å². The van der Waals surface area contributed by atoms with Crippen LogP contribution >= 0.6 is 11.3 Å². The summed E-state index contributed by atoms with van der Waals surface area (Å²) in [6, 6.07) is 7.31. The Morgan fingerprint density at radius 3 is 2.73 bits per heavy atom. The SMILES string of the molecule is Cc1cnc(C(C)(C)NCC(=O)Nc2cccc(C(=O)NC3CC3)c2)s1. The van der Waals surface area contributed by atoms with E-state index in [1.807, 2.05) is 27.0 Å². The van der Waals surface area contributed by atoms with E-state index < -0.39 is 0 Å². The second-order valence-electron chi connectivity index (χ2n) is 7.13. The van der Waals surface area contributed by atoms with Crippen LogP contribution < -0.4 is 16.0 Å². The lowest BCUT2D eigenvalue weighted by Crippen LogP contribution is -2.41. The van der Waals surface area contributed by atoms with Gasteiger partial charge in [-0.2, -0.15) is 0 Å². The van der Waals surface area contributed by atoms with Crippen molar-refractivity contribution in [3.05, 3.63) is 45.9 Å². The van der Waals surface area contributed by atoms with Gasteiger partial charge in [0.1, 0.15) is 5.01 Å². The number of aryl methyl sites for hydroxylation is 1. The minimum Gasteiger partial charge on any atom is -0.349 e. The normalized spacial score (nSPS) is 14.1. The van der Waals surface area contributed by atoms with Gasteiger partial charge in [0, 0.05) is 28.4 Å². The third-order valence-corrected chi connectivity index (χ3v) is 5.40. The molecule has 3 N–H and O–H groups in total. The van der Waals surface area contributed by atoms with Crippen LogP contribution in [-0.2, 0) is 10.3 Å². The second kappa shape index (κ2) is 7.55. The maximum absolute atomic E-state index is 12.3. The first-order valence-corrected chi connectivity index (χ1v) is 9.54. The Kier molecular flexibility index (Phi) is 5.38. The molecule has 1 aromatic carbocycles.